The number of carbonyl (C=O) groups is 1. The van der Waals surface area contributed by atoms with Crippen molar-refractivity contribution < 1.29 is 36.9 Å². The van der Waals surface area contributed by atoms with Crippen LogP contribution in [0, 0.1) is 28.8 Å². The summed E-state index contributed by atoms with van der Waals surface area (Å²) in [6, 6.07) is 13.3. The highest BCUT2D eigenvalue weighted by Crippen LogP contribution is 2.59. The minimum Gasteiger partial charge on any atom is -0.496 e. The van der Waals surface area contributed by atoms with Crippen molar-refractivity contribution in [3.63, 3.8) is 0 Å². The first-order valence-electron chi connectivity index (χ1n) is 15.7. The topological polar surface area (TPSA) is 60.5 Å². The van der Waals surface area contributed by atoms with Crippen LogP contribution in [-0.2, 0) is 20.9 Å². The van der Waals surface area contributed by atoms with Crippen LogP contribution in [0.3, 0.4) is 0 Å². The molecule has 45 heavy (non-hydrogen) atoms. The standard InChI is InChI=1S/C35H39F3N2O5/c1-4-35(5-2)32(40(34(35)41)29-18-24(36)17-27(38)31(29)45-21-22-9-7-6-8-10-22)25-19-26(37)28(20-30(25)42-3)39-13-11-23(12-14-39)33-43-15-16-44-33/h6-10,17-20,23,32-33H,4-5,11-16,21H2,1-3H3/t32-/m0/s1. The van der Waals surface area contributed by atoms with Crippen molar-refractivity contribution in [2.75, 3.05) is 43.2 Å². The summed E-state index contributed by atoms with van der Waals surface area (Å²) in [5.41, 5.74) is 0.647. The number of anilines is 2. The van der Waals surface area contributed by atoms with Gasteiger partial charge in [-0.15, -0.1) is 0 Å². The van der Waals surface area contributed by atoms with E-state index in [4.69, 9.17) is 18.9 Å². The molecule has 7 nitrogen and oxygen atoms in total. The van der Waals surface area contributed by atoms with E-state index in [1.165, 1.54) is 18.1 Å². The molecule has 0 bridgehead atoms. The molecule has 3 heterocycles. The molecule has 0 unspecified atom stereocenters. The lowest BCUT2D eigenvalue weighted by molar-refractivity contribution is -0.141. The Kier molecular flexibility index (Phi) is 8.97. The largest absolute Gasteiger partial charge is 0.496 e. The van der Waals surface area contributed by atoms with Gasteiger partial charge in [0.1, 0.15) is 24.0 Å². The van der Waals surface area contributed by atoms with E-state index in [9.17, 15) is 9.18 Å². The van der Waals surface area contributed by atoms with Gasteiger partial charge < -0.3 is 23.8 Å². The van der Waals surface area contributed by atoms with Crippen molar-refractivity contribution in [1.82, 2.24) is 0 Å². The van der Waals surface area contributed by atoms with E-state index in [-0.39, 0.29) is 36.2 Å². The lowest BCUT2D eigenvalue weighted by Gasteiger charge is -2.56. The molecule has 10 heteroatoms. The number of amides is 1. The molecule has 3 aliphatic rings. The van der Waals surface area contributed by atoms with Gasteiger partial charge in [-0.25, -0.2) is 13.2 Å². The monoisotopic (exact) mass is 624 g/mol. The van der Waals surface area contributed by atoms with Crippen LogP contribution in [0.15, 0.2) is 54.6 Å². The van der Waals surface area contributed by atoms with Crippen LogP contribution in [0.25, 0.3) is 0 Å². The van der Waals surface area contributed by atoms with E-state index in [0.717, 1.165) is 30.5 Å². The summed E-state index contributed by atoms with van der Waals surface area (Å²) >= 11 is 0. The van der Waals surface area contributed by atoms with Crippen molar-refractivity contribution >= 4 is 17.3 Å². The van der Waals surface area contributed by atoms with E-state index in [2.05, 4.69) is 0 Å². The van der Waals surface area contributed by atoms with Gasteiger partial charge in [0, 0.05) is 42.8 Å². The minimum atomic E-state index is -0.930. The average Bonchev–Trinajstić information content (AvgIpc) is 3.60. The second kappa shape index (κ2) is 12.9. The Bertz CT molecular complexity index is 1520. The van der Waals surface area contributed by atoms with E-state index in [1.54, 1.807) is 6.07 Å². The molecule has 3 aromatic carbocycles. The number of methoxy groups -OCH3 is 1. The molecular formula is C35H39F3N2O5. The predicted molar refractivity (Wildman–Crippen MR) is 164 cm³/mol. The maximum absolute atomic E-state index is 16.1. The number of benzene rings is 3. The normalized spacial score (nSPS) is 20.4. The number of piperidine rings is 1. The zero-order chi connectivity index (χ0) is 31.7. The third-order valence-electron chi connectivity index (χ3n) is 9.67. The molecule has 3 aromatic rings. The Morgan fingerprint density at radius 1 is 0.911 bits per heavy atom. The Hall–Kier alpha value is -3.76. The van der Waals surface area contributed by atoms with Crippen molar-refractivity contribution in [2.45, 2.75) is 58.5 Å². The fraction of sp³-hybridized carbons (Fsp3) is 0.457. The maximum atomic E-state index is 16.1. The molecule has 1 amide bonds. The SMILES string of the molecule is CCC1(CC)C(=O)N(c2cc(F)cc(F)c2OCc2ccccc2)[C@H]1c1cc(F)c(N2CCC(C3OCCO3)CC2)cc1OC. The first kappa shape index (κ1) is 31.2. The van der Waals surface area contributed by atoms with E-state index >= 15 is 8.78 Å². The van der Waals surface area contributed by atoms with Crippen LogP contribution in [0.1, 0.15) is 56.7 Å². The second-order valence-electron chi connectivity index (χ2n) is 11.9. The highest BCUT2D eigenvalue weighted by molar-refractivity contribution is 6.07. The second-order valence-corrected chi connectivity index (χ2v) is 11.9. The average molecular weight is 625 g/mol. The molecule has 0 aliphatic carbocycles. The number of hydrogen-bond acceptors (Lipinski definition) is 6. The minimum absolute atomic E-state index is 0.0120. The van der Waals surface area contributed by atoms with Crippen LogP contribution in [0.2, 0.25) is 0 Å². The quantitative estimate of drug-likeness (QED) is 0.223. The number of rotatable bonds is 10. The molecule has 0 N–H and O–H groups in total. The molecule has 0 radical (unpaired) electrons. The van der Waals surface area contributed by atoms with Gasteiger partial charge in [-0.05, 0) is 37.3 Å². The van der Waals surface area contributed by atoms with Gasteiger partial charge in [0.2, 0.25) is 5.91 Å². The summed E-state index contributed by atoms with van der Waals surface area (Å²) in [6.07, 6.45) is 2.26. The van der Waals surface area contributed by atoms with Crippen LogP contribution in [-0.4, -0.2) is 45.6 Å². The third-order valence-corrected chi connectivity index (χ3v) is 9.67. The fourth-order valence-corrected chi connectivity index (χ4v) is 7.13. The molecule has 0 spiro atoms. The van der Waals surface area contributed by atoms with Gasteiger partial charge >= 0.3 is 0 Å². The lowest BCUT2D eigenvalue weighted by Crippen LogP contribution is -2.63. The number of nitrogens with zero attached hydrogens (tertiary/aromatic N) is 2. The summed E-state index contributed by atoms with van der Waals surface area (Å²) in [6.45, 7) is 6.24. The van der Waals surface area contributed by atoms with Crippen molar-refractivity contribution in [1.29, 1.82) is 0 Å². The maximum Gasteiger partial charge on any atom is 0.236 e. The molecule has 0 saturated carbocycles. The third kappa shape index (κ3) is 5.63. The highest BCUT2D eigenvalue weighted by atomic mass is 19.1. The summed E-state index contributed by atoms with van der Waals surface area (Å²) in [5.74, 6) is -2.13. The zero-order valence-corrected chi connectivity index (χ0v) is 25.9. The first-order valence-corrected chi connectivity index (χ1v) is 15.7. The number of carbonyl (C=O) groups excluding carboxylic acids is 1. The Morgan fingerprint density at radius 2 is 1.60 bits per heavy atom. The molecule has 3 aliphatic heterocycles. The van der Waals surface area contributed by atoms with Gasteiger partial charge in [-0.2, -0.15) is 0 Å². The highest BCUT2D eigenvalue weighted by Gasteiger charge is 2.61. The van der Waals surface area contributed by atoms with Crippen molar-refractivity contribution in [3.8, 4) is 11.5 Å². The summed E-state index contributed by atoms with van der Waals surface area (Å²) in [7, 11) is 1.50. The Balaban J connectivity index is 1.35. The molecule has 3 saturated heterocycles. The Labute approximate surface area is 261 Å². The smallest absolute Gasteiger partial charge is 0.236 e. The molecule has 1 atom stereocenters. The van der Waals surface area contributed by atoms with Crippen LogP contribution < -0.4 is 19.3 Å². The molecule has 240 valence electrons. The predicted octanol–water partition coefficient (Wildman–Crippen LogP) is 7.18. The zero-order valence-electron chi connectivity index (χ0n) is 25.9. The first-order chi connectivity index (χ1) is 21.8. The van der Waals surface area contributed by atoms with Gasteiger partial charge in [0.25, 0.3) is 0 Å². The fourth-order valence-electron chi connectivity index (χ4n) is 7.13. The van der Waals surface area contributed by atoms with Crippen molar-refractivity contribution in [3.05, 3.63) is 83.2 Å². The van der Waals surface area contributed by atoms with Crippen LogP contribution in [0.5, 0.6) is 11.5 Å². The molecular weight excluding hydrogens is 585 g/mol. The van der Waals surface area contributed by atoms with E-state index in [0.29, 0.717) is 56.1 Å². The summed E-state index contributed by atoms with van der Waals surface area (Å²) < 4.78 is 69.3. The van der Waals surface area contributed by atoms with Gasteiger partial charge in [-0.3, -0.25) is 9.69 Å². The summed E-state index contributed by atoms with van der Waals surface area (Å²) in [4.78, 5) is 17.3. The number of β-lactam (4-membered cyclic amide) rings is 1. The van der Waals surface area contributed by atoms with Crippen LogP contribution >= 0.6 is 0 Å². The van der Waals surface area contributed by atoms with E-state index in [1.807, 2.05) is 49.1 Å². The lowest BCUT2D eigenvalue weighted by atomic mass is 9.64. The molecule has 6 rings (SSSR count). The number of ether oxygens (including phenoxy) is 4. The van der Waals surface area contributed by atoms with Crippen molar-refractivity contribution in [2.24, 2.45) is 11.3 Å². The van der Waals surface area contributed by atoms with Crippen LogP contribution in [0.4, 0.5) is 24.5 Å². The van der Waals surface area contributed by atoms with Gasteiger partial charge in [0.05, 0.1) is 43.2 Å². The number of halogens is 3. The number of hydrogen-bond donors (Lipinski definition) is 0. The molecule has 0 aromatic heterocycles. The van der Waals surface area contributed by atoms with Gasteiger partial charge in [-0.1, -0.05) is 44.2 Å². The Morgan fingerprint density at radius 3 is 2.24 bits per heavy atom. The molecule has 3 fully saturated rings. The summed E-state index contributed by atoms with van der Waals surface area (Å²) in [5, 5.41) is 0. The van der Waals surface area contributed by atoms with E-state index < -0.39 is 28.9 Å². The van der Waals surface area contributed by atoms with Gasteiger partial charge in [0.15, 0.2) is 17.9 Å².